The van der Waals surface area contributed by atoms with E-state index in [2.05, 4.69) is 9.84 Å². The zero-order chi connectivity index (χ0) is 13.4. The lowest BCUT2D eigenvalue weighted by atomic mass is 10.2. The SMILES string of the molecule is Cn1nc(C(F)F)c(C(F)(F)F)c1OC(=O)O. The van der Waals surface area contributed by atoms with Crippen molar-refractivity contribution in [2.45, 2.75) is 12.6 Å². The van der Waals surface area contributed by atoms with Crippen molar-refractivity contribution in [3.63, 3.8) is 0 Å². The van der Waals surface area contributed by atoms with Gasteiger partial charge in [-0.2, -0.15) is 18.3 Å². The van der Waals surface area contributed by atoms with Gasteiger partial charge in [-0.15, -0.1) is 0 Å². The molecule has 1 aromatic heterocycles. The van der Waals surface area contributed by atoms with Crippen LogP contribution in [-0.2, 0) is 13.2 Å². The van der Waals surface area contributed by atoms with Gasteiger partial charge in [-0.25, -0.2) is 18.3 Å². The minimum Gasteiger partial charge on any atom is -0.449 e. The molecule has 0 aliphatic heterocycles. The van der Waals surface area contributed by atoms with Crippen LogP contribution in [0, 0.1) is 0 Å². The number of halogens is 5. The molecule has 0 saturated heterocycles. The highest BCUT2D eigenvalue weighted by molar-refractivity contribution is 5.61. The molecule has 0 aromatic carbocycles. The van der Waals surface area contributed by atoms with E-state index in [1.807, 2.05) is 0 Å². The maximum Gasteiger partial charge on any atom is 0.512 e. The summed E-state index contributed by atoms with van der Waals surface area (Å²) in [5.41, 5.74) is -3.46. The molecule has 0 amide bonds. The van der Waals surface area contributed by atoms with E-state index >= 15 is 0 Å². The van der Waals surface area contributed by atoms with Gasteiger partial charge in [-0.3, -0.25) is 0 Å². The summed E-state index contributed by atoms with van der Waals surface area (Å²) >= 11 is 0. The lowest BCUT2D eigenvalue weighted by Gasteiger charge is -2.08. The molecule has 0 radical (unpaired) electrons. The summed E-state index contributed by atoms with van der Waals surface area (Å²) in [6.45, 7) is 0. The van der Waals surface area contributed by atoms with Crippen LogP contribution in [0.5, 0.6) is 5.88 Å². The Balaban J connectivity index is 3.42. The monoisotopic (exact) mass is 260 g/mol. The molecule has 1 aromatic rings. The zero-order valence-corrected chi connectivity index (χ0v) is 8.13. The van der Waals surface area contributed by atoms with E-state index in [-0.39, 0.29) is 0 Å². The van der Waals surface area contributed by atoms with Crippen LogP contribution in [0.25, 0.3) is 0 Å². The van der Waals surface area contributed by atoms with Crippen LogP contribution in [0.1, 0.15) is 17.7 Å². The molecule has 0 fully saturated rings. The third-order valence-corrected chi connectivity index (χ3v) is 1.70. The number of hydrogen-bond acceptors (Lipinski definition) is 3. The first-order chi connectivity index (χ1) is 7.64. The van der Waals surface area contributed by atoms with Gasteiger partial charge in [0.25, 0.3) is 6.43 Å². The molecule has 17 heavy (non-hydrogen) atoms. The zero-order valence-electron chi connectivity index (χ0n) is 8.13. The van der Waals surface area contributed by atoms with E-state index in [1.165, 1.54) is 0 Å². The third kappa shape index (κ3) is 2.63. The molecule has 0 saturated carbocycles. The number of carboxylic acid groups (broad SMARTS) is 1. The molecule has 0 unspecified atom stereocenters. The summed E-state index contributed by atoms with van der Waals surface area (Å²) in [4.78, 5) is 10.2. The highest BCUT2D eigenvalue weighted by Gasteiger charge is 2.43. The van der Waals surface area contributed by atoms with Gasteiger partial charge in [-0.1, -0.05) is 0 Å². The van der Waals surface area contributed by atoms with E-state index in [0.717, 1.165) is 7.05 Å². The molecule has 0 aliphatic carbocycles. The van der Waals surface area contributed by atoms with Crippen molar-refractivity contribution in [2.75, 3.05) is 0 Å². The van der Waals surface area contributed by atoms with Gasteiger partial charge in [0.15, 0.2) is 0 Å². The minimum absolute atomic E-state index is 0.290. The van der Waals surface area contributed by atoms with Gasteiger partial charge >= 0.3 is 12.3 Å². The van der Waals surface area contributed by atoms with Gasteiger partial charge in [0.1, 0.15) is 11.3 Å². The average Bonchev–Trinajstić information content (AvgIpc) is 2.42. The smallest absolute Gasteiger partial charge is 0.449 e. The quantitative estimate of drug-likeness (QED) is 0.655. The van der Waals surface area contributed by atoms with E-state index in [9.17, 15) is 26.7 Å². The molecule has 1 heterocycles. The fourth-order valence-corrected chi connectivity index (χ4v) is 1.15. The topological polar surface area (TPSA) is 64.4 Å². The average molecular weight is 260 g/mol. The Morgan fingerprint density at radius 2 is 2.00 bits per heavy atom. The van der Waals surface area contributed by atoms with Crippen molar-refractivity contribution in [1.29, 1.82) is 0 Å². The summed E-state index contributed by atoms with van der Waals surface area (Å²) in [5, 5.41) is 11.1. The Kier molecular flexibility index (Phi) is 3.25. The van der Waals surface area contributed by atoms with E-state index in [4.69, 9.17) is 5.11 Å². The summed E-state index contributed by atoms with van der Waals surface area (Å²) in [5.74, 6) is -1.29. The standard InChI is InChI=1S/C7H5F5N2O3/c1-14-5(17-6(15)16)2(7(10,11)12)3(13-14)4(8)9/h4H,1H3,(H,15,16). The van der Waals surface area contributed by atoms with E-state index in [0.29, 0.717) is 4.68 Å². The highest BCUT2D eigenvalue weighted by atomic mass is 19.4. The van der Waals surface area contributed by atoms with Crippen molar-refractivity contribution in [1.82, 2.24) is 9.78 Å². The maximum absolute atomic E-state index is 12.5. The normalized spacial score (nSPS) is 11.9. The van der Waals surface area contributed by atoms with Crippen molar-refractivity contribution in [3.8, 4) is 5.88 Å². The van der Waals surface area contributed by atoms with Crippen molar-refractivity contribution < 1.29 is 36.6 Å². The largest absolute Gasteiger partial charge is 0.512 e. The Labute approximate surface area is 90.4 Å². The van der Waals surface area contributed by atoms with Crippen LogP contribution in [0.3, 0.4) is 0 Å². The first kappa shape index (κ1) is 13.2. The second-order valence-corrected chi connectivity index (χ2v) is 2.86. The first-order valence-electron chi connectivity index (χ1n) is 3.97. The number of aromatic nitrogens is 2. The molecule has 10 heteroatoms. The molecular formula is C7H5F5N2O3. The lowest BCUT2D eigenvalue weighted by Crippen LogP contribution is -2.13. The van der Waals surface area contributed by atoms with Gasteiger partial charge in [0.05, 0.1) is 0 Å². The third-order valence-electron chi connectivity index (χ3n) is 1.70. The fourth-order valence-electron chi connectivity index (χ4n) is 1.15. The van der Waals surface area contributed by atoms with Crippen LogP contribution in [0.15, 0.2) is 0 Å². The van der Waals surface area contributed by atoms with Crippen LogP contribution >= 0.6 is 0 Å². The van der Waals surface area contributed by atoms with Gasteiger partial charge in [-0.05, 0) is 0 Å². The molecule has 0 atom stereocenters. The van der Waals surface area contributed by atoms with Crippen LogP contribution < -0.4 is 4.74 Å². The van der Waals surface area contributed by atoms with Crippen LogP contribution in [-0.4, -0.2) is 21.0 Å². The van der Waals surface area contributed by atoms with Crippen molar-refractivity contribution >= 4 is 6.16 Å². The number of rotatable bonds is 2. The Hall–Kier alpha value is -1.87. The number of alkyl halides is 5. The lowest BCUT2D eigenvalue weighted by molar-refractivity contribution is -0.140. The molecular weight excluding hydrogens is 255 g/mol. The first-order valence-corrected chi connectivity index (χ1v) is 3.97. The summed E-state index contributed by atoms with van der Waals surface area (Å²) in [6, 6.07) is 0. The van der Waals surface area contributed by atoms with E-state index in [1.54, 1.807) is 0 Å². The predicted molar refractivity (Wildman–Crippen MR) is 41.8 cm³/mol. The second kappa shape index (κ2) is 4.18. The van der Waals surface area contributed by atoms with Gasteiger partial charge < -0.3 is 9.84 Å². The van der Waals surface area contributed by atoms with Crippen LogP contribution in [0.4, 0.5) is 26.7 Å². The minimum atomic E-state index is -5.19. The second-order valence-electron chi connectivity index (χ2n) is 2.86. The van der Waals surface area contributed by atoms with E-state index < -0.39 is 35.9 Å². The van der Waals surface area contributed by atoms with Crippen LogP contribution in [0.2, 0.25) is 0 Å². The van der Waals surface area contributed by atoms with Crippen molar-refractivity contribution in [2.24, 2.45) is 7.05 Å². The number of hydrogen-bond donors (Lipinski definition) is 1. The molecule has 0 aliphatic rings. The number of ether oxygens (including phenoxy) is 1. The highest BCUT2D eigenvalue weighted by Crippen LogP contribution is 2.41. The molecule has 0 bridgehead atoms. The van der Waals surface area contributed by atoms with Gasteiger partial charge in [0.2, 0.25) is 5.88 Å². The Bertz CT molecular complexity index is 439. The number of nitrogens with zero attached hydrogens (tertiary/aromatic N) is 2. The predicted octanol–water partition coefficient (Wildman–Crippen LogP) is 2.43. The number of aryl methyl sites for hydroxylation is 1. The molecule has 5 nitrogen and oxygen atoms in total. The Morgan fingerprint density at radius 1 is 1.47 bits per heavy atom. The number of carbonyl (C=O) groups is 1. The molecule has 96 valence electrons. The molecule has 1 N–H and O–H groups in total. The summed E-state index contributed by atoms with van der Waals surface area (Å²) in [6.07, 6.45) is -10.7. The fraction of sp³-hybridized carbons (Fsp3) is 0.429. The Morgan fingerprint density at radius 3 is 2.35 bits per heavy atom. The molecule has 1 rings (SSSR count). The molecule has 0 spiro atoms. The van der Waals surface area contributed by atoms with Crippen molar-refractivity contribution in [3.05, 3.63) is 11.3 Å². The summed E-state index contributed by atoms with van der Waals surface area (Å²) in [7, 11) is 0.861. The van der Waals surface area contributed by atoms with Gasteiger partial charge in [0, 0.05) is 7.05 Å². The maximum atomic E-state index is 12.5. The summed E-state index contributed by atoms with van der Waals surface area (Å²) < 4.78 is 66.1.